The summed E-state index contributed by atoms with van der Waals surface area (Å²) in [7, 11) is 0. The molecule has 0 saturated heterocycles. The molecule has 0 saturated carbocycles. The predicted octanol–water partition coefficient (Wildman–Crippen LogP) is 8.12. The Labute approximate surface area is 175 Å². The summed E-state index contributed by atoms with van der Waals surface area (Å²) in [6.07, 6.45) is 24.2. The lowest BCUT2D eigenvalue weighted by molar-refractivity contribution is -0.179. The smallest absolute Gasteiger partial charge is 0.308 e. The third kappa shape index (κ3) is 19.9. The number of allylic oxidation sites excluding steroid dienone is 2. The van der Waals surface area contributed by atoms with Crippen LogP contribution in [-0.4, -0.2) is 18.9 Å². The standard InChI is InChI=1S/C25H48O3/c1-4-7-9-10-11-12-13-14-15-16-17-18-19-20-21-22-24(26)28-25(6-3)27-23-8-5-2/h14-15,25H,4-13,16-23H2,1-3H3. The van der Waals surface area contributed by atoms with E-state index in [1.54, 1.807) is 0 Å². The van der Waals surface area contributed by atoms with E-state index >= 15 is 0 Å². The lowest BCUT2D eigenvalue weighted by Gasteiger charge is -2.16. The van der Waals surface area contributed by atoms with Crippen molar-refractivity contribution in [2.45, 2.75) is 136 Å². The highest BCUT2D eigenvalue weighted by molar-refractivity contribution is 5.69. The molecule has 166 valence electrons. The van der Waals surface area contributed by atoms with Crippen LogP contribution in [0.2, 0.25) is 0 Å². The lowest BCUT2D eigenvalue weighted by atomic mass is 10.1. The third-order valence-corrected chi connectivity index (χ3v) is 5.04. The fourth-order valence-corrected chi connectivity index (χ4v) is 3.14. The summed E-state index contributed by atoms with van der Waals surface area (Å²) in [6, 6.07) is 0. The zero-order chi connectivity index (χ0) is 20.7. The Morgan fingerprint density at radius 1 is 0.714 bits per heavy atom. The molecule has 0 amide bonds. The molecule has 3 heteroatoms. The van der Waals surface area contributed by atoms with E-state index in [1.807, 2.05) is 6.92 Å². The van der Waals surface area contributed by atoms with Crippen LogP contribution in [0, 0.1) is 0 Å². The van der Waals surface area contributed by atoms with E-state index in [4.69, 9.17) is 9.47 Å². The van der Waals surface area contributed by atoms with Gasteiger partial charge in [0.25, 0.3) is 0 Å². The molecule has 1 atom stereocenters. The number of rotatable bonds is 21. The molecule has 1 unspecified atom stereocenters. The molecule has 0 aliphatic carbocycles. The SMILES string of the molecule is CCCCCCCCC=CCCCCCCCC(=O)OC(CC)OCCCC. The molecule has 0 bridgehead atoms. The molecular weight excluding hydrogens is 348 g/mol. The van der Waals surface area contributed by atoms with Gasteiger partial charge in [-0.05, 0) is 38.5 Å². The molecule has 0 radical (unpaired) electrons. The summed E-state index contributed by atoms with van der Waals surface area (Å²) in [5, 5.41) is 0. The number of esters is 1. The Kier molecular flexibility index (Phi) is 21.8. The highest BCUT2D eigenvalue weighted by Gasteiger charge is 2.12. The summed E-state index contributed by atoms with van der Waals surface area (Å²) in [5.41, 5.74) is 0. The van der Waals surface area contributed by atoms with Crippen molar-refractivity contribution in [3.8, 4) is 0 Å². The van der Waals surface area contributed by atoms with Crippen LogP contribution in [0.1, 0.15) is 130 Å². The van der Waals surface area contributed by atoms with Gasteiger partial charge in [-0.25, -0.2) is 0 Å². The van der Waals surface area contributed by atoms with E-state index in [2.05, 4.69) is 26.0 Å². The molecule has 0 N–H and O–H groups in total. The largest absolute Gasteiger partial charge is 0.436 e. The number of unbranched alkanes of at least 4 members (excludes halogenated alkanes) is 12. The van der Waals surface area contributed by atoms with Crippen molar-refractivity contribution < 1.29 is 14.3 Å². The highest BCUT2D eigenvalue weighted by atomic mass is 16.7. The molecular formula is C25H48O3. The van der Waals surface area contributed by atoms with E-state index in [-0.39, 0.29) is 12.3 Å². The number of hydrogen-bond donors (Lipinski definition) is 0. The van der Waals surface area contributed by atoms with E-state index < -0.39 is 0 Å². The molecule has 0 heterocycles. The summed E-state index contributed by atoms with van der Waals surface area (Å²) in [5.74, 6) is -0.110. The average Bonchev–Trinajstić information content (AvgIpc) is 2.70. The van der Waals surface area contributed by atoms with Crippen LogP contribution in [0.25, 0.3) is 0 Å². The normalized spacial score (nSPS) is 12.5. The van der Waals surface area contributed by atoms with Gasteiger partial charge in [-0.3, -0.25) is 4.79 Å². The van der Waals surface area contributed by atoms with Crippen LogP contribution >= 0.6 is 0 Å². The van der Waals surface area contributed by atoms with E-state index in [1.165, 1.54) is 70.6 Å². The minimum absolute atomic E-state index is 0.110. The maximum absolute atomic E-state index is 11.9. The molecule has 0 rings (SSSR count). The third-order valence-electron chi connectivity index (χ3n) is 5.04. The molecule has 3 nitrogen and oxygen atoms in total. The first-order valence-corrected chi connectivity index (χ1v) is 12.2. The minimum atomic E-state index is -0.359. The first-order valence-electron chi connectivity index (χ1n) is 12.2. The maximum Gasteiger partial charge on any atom is 0.308 e. The van der Waals surface area contributed by atoms with Crippen molar-refractivity contribution in [3.63, 3.8) is 0 Å². The molecule has 28 heavy (non-hydrogen) atoms. The average molecular weight is 397 g/mol. The van der Waals surface area contributed by atoms with Gasteiger partial charge in [-0.1, -0.05) is 90.7 Å². The van der Waals surface area contributed by atoms with Gasteiger partial charge < -0.3 is 9.47 Å². The van der Waals surface area contributed by atoms with Crippen molar-refractivity contribution in [2.75, 3.05) is 6.61 Å². The first kappa shape index (κ1) is 27.2. The highest BCUT2D eigenvalue weighted by Crippen LogP contribution is 2.11. The number of ether oxygens (including phenoxy) is 2. The predicted molar refractivity (Wildman–Crippen MR) is 120 cm³/mol. The van der Waals surface area contributed by atoms with Gasteiger partial charge >= 0.3 is 5.97 Å². The Bertz CT molecular complexity index is 352. The molecule has 0 aliphatic rings. The second-order valence-corrected chi connectivity index (χ2v) is 7.89. The van der Waals surface area contributed by atoms with Crippen LogP contribution in [0.3, 0.4) is 0 Å². The second-order valence-electron chi connectivity index (χ2n) is 7.89. The second kappa shape index (κ2) is 22.5. The maximum atomic E-state index is 11.9. The summed E-state index contributed by atoms with van der Waals surface area (Å²) in [6.45, 7) is 7.06. The van der Waals surface area contributed by atoms with Crippen LogP contribution in [0.4, 0.5) is 0 Å². The number of carbonyl (C=O) groups excluding carboxylic acids is 1. The van der Waals surface area contributed by atoms with Crippen molar-refractivity contribution in [3.05, 3.63) is 12.2 Å². The molecule has 0 aromatic carbocycles. The Balaban J connectivity index is 3.39. The van der Waals surface area contributed by atoms with Crippen LogP contribution in [0.15, 0.2) is 12.2 Å². The number of carbonyl (C=O) groups is 1. The topological polar surface area (TPSA) is 35.5 Å². The van der Waals surface area contributed by atoms with Gasteiger partial charge in [0.15, 0.2) is 0 Å². The van der Waals surface area contributed by atoms with Gasteiger partial charge in [-0.15, -0.1) is 0 Å². The molecule has 0 aromatic heterocycles. The van der Waals surface area contributed by atoms with Crippen LogP contribution < -0.4 is 0 Å². The van der Waals surface area contributed by atoms with Gasteiger partial charge in [0.2, 0.25) is 6.29 Å². The van der Waals surface area contributed by atoms with Crippen LogP contribution in [0.5, 0.6) is 0 Å². The van der Waals surface area contributed by atoms with Gasteiger partial charge in [0.1, 0.15) is 0 Å². The molecule has 0 aromatic rings. The minimum Gasteiger partial charge on any atom is -0.436 e. The molecule has 0 spiro atoms. The Morgan fingerprint density at radius 2 is 1.25 bits per heavy atom. The monoisotopic (exact) mass is 396 g/mol. The van der Waals surface area contributed by atoms with Gasteiger partial charge in [0.05, 0.1) is 6.61 Å². The Hall–Kier alpha value is -0.830. The van der Waals surface area contributed by atoms with Crippen molar-refractivity contribution in [2.24, 2.45) is 0 Å². The summed E-state index contributed by atoms with van der Waals surface area (Å²) >= 11 is 0. The Morgan fingerprint density at radius 3 is 1.82 bits per heavy atom. The van der Waals surface area contributed by atoms with Crippen molar-refractivity contribution in [1.82, 2.24) is 0 Å². The van der Waals surface area contributed by atoms with Crippen molar-refractivity contribution in [1.29, 1.82) is 0 Å². The zero-order valence-corrected chi connectivity index (χ0v) is 19.2. The quantitative estimate of drug-likeness (QED) is 0.0850. The van der Waals surface area contributed by atoms with Gasteiger partial charge in [0, 0.05) is 12.8 Å². The van der Waals surface area contributed by atoms with E-state index in [9.17, 15) is 4.79 Å². The number of hydrogen-bond acceptors (Lipinski definition) is 3. The van der Waals surface area contributed by atoms with E-state index in [0.29, 0.717) is 13.0 Å². The van der Waals surface area contributed by atoms with Crippen LogP contribution in [-0.2, 0) is 14.3 Å². The summed E-state index contributed by atoms with van der Waals surface area (Å²) in [4.78, 5) is 11.9. The zero-order valence-electron chi connectivity index (χ0n) is 19.2. The fourth-order valence-electron chi connectivity index (χ4n) is 3.14. The first-order chi connectivity index (χ1) is 13.7. The lowest BCUT2D eigenvalue weighted by Crippen LogP contribution is -2.21. The molecule has 0 aliphatic heterocycles. The van der Waals surface area contributed by atoms with Crippen molar-refractivity contribution >= 4 is 5.97 Å². The summed E-state index contributed by atoms with van der Waals surface area (Å²) < 4.78 is 11.0. The van der Waals surface area contributed by atoms with E-state index in [0.717, 1.165) is 32.1 Å². The fraction of sp³-hybridized carbons (Fsp3) is 0.880. The van der Waals surface area contributed by atoms with Gasteiger partial charge in [-0.2, -0.15) is 0 Å². The molecule has 0 fully saturated rings.